The fourth-order valence-corrected chi connectivity index (χ4v) is 4.86. The predicted octanol–water partition coefficient (Wildman–Crippen LogP) is 3.05. The summed E-state index contributed by atoms with van der Waals surface area (Å²) in [5, 5.41) is 5.38. The van der Waals surface area contributed by atoms with Gasteiger partial charge in [0.2, 0.25) is 21.8 Å². The van der Waals surface area contributed by atoms with Crippen LogP contribution in [-0.2, 0) is 19.6 Å². The zero-order valence-corrected chi connectivity index (χ0v) is 18.7. The van der Waals surface area contributed by atoms with Gasteiger partial charge in [-0.15, -0.1) is 0 Å². The number of benzene rings is 2. The molecule has 1 atom stereocenters. The van der Waals surface area contributed by atoms with E-state index < -0.39 is 21.9 Å². The molecule has 1 aliphatic rings. The predicted molar refractivity (Wildman–Crippen MR) is 120 cm³/mol. The van der Waals surface area contributed by atoms with Crippen molar-refractivity contribution < 1.29 is 22.4 Å². The molecule has 7 nitrogen and oxygen atoms in total. The first-order valence-electron chi connectivity index (χ1n) is 10.7. The second-order valence-corrected chi connectivity index (χ2v) is 9.88. The highest BCUT2D eigenvalue weighted by Gasteiger charge is 2.29. The molecule has 1 saturated carbocycles. The molecule has 0 aliphatic heterocycles. The molecule has 172 valence electrons. The van der Waals surface area contributed by atoms with Crippen molar-refractivity contribution in [3.63, 3.8) is 0 Å². The molecular weight excluding hydrogens is 433 g/mol. The Balaban J connectivity index is 1.42. The maximum absolute atomic E-state index is 13.0. The maximum Gasteiger partial charge on any atom is 0.246 e. The van der Waals surface area contributed by atoms with Gasteiger partial charge in [-0.2, -0.15) is 0 Å². The van der Waals surface area contributed by atoms with Crippen LogP contribution in [0.5, 0.6) is 0 Å². The Morgan fingerprint density at radius 2 is 1.62 bits per heavy atom. The average Bonchev–Trinajstić information content (AvgIpc) is 2.80. The number of amides is 2. The van der Waals surface area contributed by atoms with Crippen LogP contribution in [0.1, 0.15) is 32.6 Å². The number of sulfonamides is 1. The van der Waals surface area contributed by atoms with Crippen molar-refractivity contribution in [2.45, 2.75) is 43.5 Å². The van der Waals surface area contributed by atoms with Crippen molar-refractivity contribution in [2.75, 3.05) is 11.9 Å². The van der Waals surface area contributed by atoms with Gasteiger partial charge in [-0.25, -0.2) is 17.5 Å². The molecule has 0 spiro atoms. The lowest BCUT2D eigenvalue weighted by molar-refractivity contribution is -0.129. The Labute approximate surface area is 187 Å². The molecule has 0 aromatic heterocycles. The minimum Gasteiger partial charge on any atom is -0.344 e. The minimum atomic E-state index is -3.54. The van der Waals surface area contributed by atoms with Crippen LogP contribution in [0.4, 0.5) is 10.1 Å². The Hall–Kier alpha value is -2.78. The summed E-state index contributed by atoms with van der Waals surface area (Å²) >= 11 is 0. The monoisotopic (exact) mass is 461 g/mol. The van der Waals surface area contributed by atoms with Gasteiger partial charge in [-0.05, 0) is 74.9 Å². The Morgan fingerprint density at radius 1 is 1.00 bits per heavy atom. The average molecular weight is 462 g/mol. The number of carbonyl (C=O) groups is 2. The Bertz CT molecular complexity index is 1020. The summed E-state index contributed by atoms with van der Waals surface area (Å²) in [5.41, 5.74) is 0.455. The molecule has 2 aromatic carbocycles. The van der Waals surface area contributed by atoms with Gasteiger partial charge in [0.05, 0.1) is 4.90 Å². The normalized spacial score (nSPS) is 19.7. The first-order valence-corrected chi connectivity index (χ1v) is 12.1. The molecule has 0 saturated heterocycles. The molecule has 9 heteroatoms. The Kier molecular flexibility index (Phi) is 7.98. The minimum absolute atomic E-state index is 0.164. The highest BCUT2D eigenvalue weighted by Crippen LogP contribution is 2.29. The summed E-state index contributed by atoms with van der Waals surface area (Å²) in [6.45, 7) is 1.93. The van der Waals surface area contributed by atoms with Gasteiger partial charge in [-0.1, -0.05) is 18.2 Å². The zero-order valence-electron chi connectivity index (χ0n) is 17.9. The number of hydrogen-bond acceptors (Lipinski definition) is 4. The first-order chi connectivity index (χ1) is 15.2. The largest absolute Gasteiger partial charge is 0.344 e. The standard InChI is InChI=1S/C23H28FN3O4S/c1-16(22(28)27-20-13-11-19(24)12-14-20)26-23(29)18-9-7-17(8-10-18)15-25-32(30,31)21-5-3-2-4-6-21/h2-6,11-14,16-18,25H,7-10,15H2,1H3,(H,26,29)(H,27,28). The van der Waals surface area contributed by atoms with E-state index in [-0.39, 0.29) is 28.5 Å². The molecule has 0 heterocycles. The van der Waals surface area contributed by atoms with E-state index in [9.17, 15) is 22.4 Å². The van der Waals surface area contributed by atoms with Crippen LogP contribution < -0.4 is 15.4 Å². The van der Waals surface area contributed by atoms with Crippen molar-refractivity contribution in [3.05, 3.63) is 60.4 Å². The lowest BCUT2D eigenvalue weighted by atomic mass is 9.81. The molecule has 3 rings (SSSR count). The molecule has 0 radical (unpaired) electrons. The van der Waals surface area contributed by atoms with Crippen molar-refractivity contribution in [1.82, 2.24) is 10.0 Å². The number of halogens is 1. The summed E-state index contributed by atoms with van der Waals surface area (Å²) in [7, 11) is -3.54. The number of hydrogen-bond donors (Lipinski definition) is 3. The number of nitrogens with one attached hydrogen (secondary N) is 3. The second kappa shape index (κ2) is 10.7. The SMILES string of the molecule is CC(NC(=O)C1CCC(CNS(=O)(=O)c2ccccc2)CC1)C(=O)Nc1ccc(F)cc1. The Morgan fingerprint density at radius 3 is 2.25 bits per heavy atom. The topological polar surface area (TPSA) is 104 Å². The second-order valence-electron chi connectivity index (χ2n) is 8.11. The molecule has 1 fully saturated rings. The number of anilines is 1. The van der Waals surface area contributed by atoms with Crippen LogP contribution in [0.25, 0.3) is 0 Å². The van der Waals surface area contributed by atoms with Gasteiger partial charge in [0.15, 0.2) is 0 Å². The van der Waals surface area contributed by atoms with Gasteiger partial charge in [0, 0.05) is 18.2 Å². The van der Waals surface area contributed by atoms with Crippen molar-refractivity contribution >= 4 is 27.5 Å². The van der Waals surface area contributed by atoms with Crippen molar-refractivity contribution in [3.8, 4) is 0 Å². The van der Waals surface area contributed by atoms with E-state index in [0.717, 1.165) is 12.8 Å². The third kappa shape index (κ3) is 6.61. The van der Waals surface area contributed by atoms with E-state index in [4.69, 9.17) is 0 Å². The fraction of sp³-hybridized carbons (Fsp3) is 0.391. The number of carbonyl (C=O) groups excluding carboxylic acids is 2. The lowest BCUT2D eigenvalue weighted by Crippen LogP contribution is -2.45. The van der Waals surface area contributed by atoms with E-state index >= 15 is 0 Å². The quantitative estimate of drug-likeness (QED) is 0.562. The van der Waals surface area contributed by atoms with Crippen LogP contribution in [-0.4, -0.2) is 32.8 Å². The highest BCUT2D eigenvalue weighted by molar-refractivity contribution is 7.89. The summed E-state index contributed by atoms with van der Waals surface area (Å²) in [6, 6.07) is 12.9. The van der Waals surface area contributed by atoms with E-state index in [0.29, 0.717) is 25.1 Å². The van der Waals surface area contributed by atoms with Gasteiger partial charge in [0.1, 0.15) is 11.9 Å². The van der Waals surface area contributed by atoms with Crippen LogP contribution in [0.2, 0.25) is 0 Å². The fourth-order valence-electron chi connectivity index (χ4n) is 3.72. The van der Waals surface area contributed by atoms with Crippen LogP contribution in [0, 0.1) is 17.7 Å². The van der Waals surface area contributed by atoms with E-state index in [2.05, 4.69) is 15.4 Å². The van der Waals surface area contributed by atoms with Gasteiger partial charge < -0.3 is 10.6 Å². The molecule has 0 bridgehead atoms. The van der Waals surface area contributed by atoms with Crippen molar-refractivity contribution in [1.29, 1.82) is 0 Å². The molecule has 2 amide bonds. The van der Waals surface area contributed by atoms with E-state index in [1.807, 2.05) is 0 Å². The molecule has 1 unspecified atom stereocenters. The van der Waals surface area contributed by atoms with E-state index in [1.54, 1.807) is 37.3 Å². The summed E-state index contributed by atoms with van der Waals surface area (Å²) in [6.07, 6.45) is 2.73. The van der Waals surface area contributed by atoms with E-state index in [1.165, 1.54) is 24.3 Å². The van der Waals surface area contributed by atoms with Crippen LogP contribution >= 0.6 is 0 Å². The summed E-state index contributed by atoms with van der Waals surface area (Å²) in [5.74, 6) is -1.01. The zero-order chi connectivity index (χ0) is 23.1. The van der Waals surface area contributed by atoms with Gasteiger partial charge in [-0.3, -0.25) is 9.59 Å². The lowest BCUT2D eigenvalue weighted by Gasteiger charge is -2.28. The third-order valence-electron chi connectivity index (χ3n) is 5.70. The van der Waals surface area contributed by atoms with Crippen LogP contribution in [0.3, 0.4) is 0 Å². The maximum atomic E-state index is 13.0. The molecule has 1 aliphatic carbocycles. The summed E-state index contributed by atoms with van der Waals surface area (Å²) < 4.78 is 40.3. The molecule has 32 heavy (non-hydrogen) atoms. The smallest absolute Gasteiger partial charge is 0.246 e. The molecular formula is C23H28FN3O4S. The van der Waals surface area contributed by atoms with Crippen LogP contribution in [0.15, 0.2) is 59.5 Å². The number of rotatable bonds is 8. The molecule has 2 aromatic rings. The van der Waals surface area contributed by atoms with Crippen molar-refractivity contribution in [2.24, 2.45) is 11.8 Å². The third-order valence-corrected chi connectivity index (χ3v) is 7.14. The highest BCUT2D eigenvalue weighted by atomic mass is 32.2. The first kappa shape index (κ1) is 23.9. The van der Waals surface area contributed by atoms with Gasteiger partial charge >= 0.3 is 0 Å². The molecule has 3 N–H and O–H groups in total. The van der Waals surface area contributed by atoms with Gasteiger partial charge in [0.25, 0.3) is 0 Å². The summed E-state index contributed by atoms with van der Waals surface area (Å²) in [4.78, 5) is 25.1.